The lowest BCUT2D eigenvalue weighted by atomic mass is 10.0. The molecular formula is C18H21N3O3. The molecule has 1 fully saturated rings. The Balaban J connectivity index is 1.75. The largest absolute Gasteiger partial charge is 0.497 e. The Morgan fingerprint density at radius 2 is 1.92 bits per heavy atom. The molecule has 6 heteroatoms. The number of piperazine rings is 1. The van der Waals surface area contributed by atoms with Gasteiger partial charge in [0.15, 0.2) is 0 Å². The average molecular weight is 327 g/mol. The first-order valence-corrected chi connectivity index (χ1v) is 7.99. The van der Waals surface area contributed by atoms with Crippen LogP contribution in [0, 0.1) is 10.1 Å². The second kappa shape index (κ2) is 7.42. The minimum absolute atomic E-state index is 0.130. The molecular weight excluding hydrogens is 306 g/mol. The molecule has 0 aromatic heterocycles. The van der Waals surface area contributed by atoms with E-state index in [0.717, 1.165) is 37.5 Å². The van der Waals surface area contributed by atoms with Crippen LogP contribution >= 0.6 is 0 Å². The minimum Gasteiger partial charge on any atom is -0.497 e. The molecule has 0 saturated carbocycles. The molecule has 3 rings (SSSR count). The van der Waals surface area contributed by atoms with Crippen LogP contribution in [-0.4, -0.2) is 36.6 Å². The van der Waals surface area contributed by atoms with Crippen LogP contribution in [0.25, 0.3) is 0 Å². The standard InChI is InChI=1S/C18H21N3O3/c1-24-17-8-4-15(5-9-17)18-12-19-10-11-20(18)13-14-2-6-16(7-3-14)21(22)23/h2-9,18-19H,10-13H2,1H3. The highest BCUT2D eigenvalue weighted by atomic mass is 16.6. The van der Waals surface area contributed by atoms with Crippen LogP contribution in [0.4, 0.5) is 5.69 Å². The third kappa shape index (κ3) is 3.72. The molecule has 1 saturated heterocycles. The van der Waals surface area contributed by atoms with E-state index >= 15 is 0 Å². The van der Waals surface area contributed by atoms with E-state index in [1.165, 1.54) is 5.56 Å². The predicted octanol–water partition coefficient (Wildman–Crippen LogP) is 2.75. The van der Waals surface area contributed by atoms with Crippen LogP contribution in [0.5, 0.6) is 5.75 Å². The van der Waals surface area contributed by atoms with Gasteiger partial charge in [-0.3, -0.25) is 15.0 Å². The normalized spacial score (nSPS) is 18.3. The molecule has 2 aromatic carbocycles. The molecule has 0 spiro atoms. The summed E-state index contributed by atoms with van der Waals surface area (Å²) < 4.78 is 5.23. The smallest absolute Gasteiger partial charge is 0.269 e. The second-order valence-corrected chi connectivity index (χ2v) is 5.89. The highest BCUT2D eigenvalue weighted by Crippen LogP contribution is 2.26. The molecule has 6 nitrogen and oxygen atoms in total. The molecule has 1 heterocycles. The van der Waals surface area contributed by atoms with Crippen molar-refractivity contribution in [1.82, 2.24) is 10.2 Å². The first-order valence-electron chi connectivity index (χ1n) is 7.99. The number of hydrogen-bond acceptors (Lipinski definition) is 5. The molecule has 1 atom stereocenters. The van der Waals surface area contributed by atoms with Crippen LogP contribution in [0.2, 0.25) is 0 Å². The van der Waals surface area contributed by atoms with E-state index in [2.05, 4.69) is 22.3 Å². The van der Waals surface area contributed by atoms with E-state index in [4.69, 9.17) is 4.74 Å². The fourth-order valence-corrected chi connectivity index (χ4v) is 3.05. The van der Waals surface area contributed by atoms with Gasteiger partial charge in [-0.2, -0.15) is 0 Å². The van der Waals surface area contributed by atoms with Crippen molar-refractivity contribution in [3.8, 4) is 5.75 Å². The topological polar surface area (TPSA) is 67.6 Å². The number of nitro benzene ring substituents is 1. The van der Waals surface area contributed by atoms with Crippen LogP contribution in [-0.2, 0) is 6.54 Å². The Hall–Kier alpha value is -2.44. The van der Waals surface area contributed by atoms with Gasteiger partial charge in [-0.05, 0) is 23.3 Å². The molecule has 1 aliphatic heterocycles. The SMILES string of the molecule is COc1ccc(C2CNCCN2Cc2ccc([N+](=O)[O-])cc2)cc1. The van der Waals surface area contributed by atoms with Gasteiger partial charge in [0.25, 0.3) is 5.69 Å². The van der Waals surface area contributed by atoms with Crippen molar-refractivity contribution in [2.75, 3.05) is 26.7 Å². The Morgan fingerprint density at radius 3 is 2.54 bits per heavy atom. The van der Waals surface area contributed by atoms with Gasteiger partial charge in [-0.1, -0.05) is 24.3 Å². The van der Waals surface area contributed by atoms with Crippen LogP contribution in [0.15, 0.2) is 48.5 Å². The summed E-state index contributed by atoms with van der Waals surface area (Å²) in [5.74, 6) is 0.851. The maximum atomic E-state index is 10.8. The number of nitrogens with zero attached hydrogens (tertiary/aromatic N) is 2. The lowest BCUT2D eigenvalue weighted by molar-refractivity contribution is -0.384. The van der Waals surface area contributed by atoms with Crippen LogP contribution in [0.3, 0.4) is 0 Å². The van der Waals surface area contributed by atoms with E-state index in [1.807, 2.05) is 24.3 Å². The third-order valence-corrected chi connectivity index (χ3v) is 4.39. The van der Waals surface area contributed by atoms with Gasteiger partial charge < -0.3 is 10.1 Å². The highest BCUT2D eigenvalue weighted by Gasteiger charge is 2.24. The molecule has 2 aromatic rings. The molecule has 24 heavy (non-hydrogen) atoms. The maximum absolute atomic E-state index is 10.8. The number of rotatable bonds is 5. The fourth-order valence-electron chi connectivity index (χ4n) is 3.05. The van der Waals surface area contributed by atoms with E-state index in [1.54, 1.807) is 19.2 Å². The molecule has 0 radical (unpaired) electrons. The van der Waals surface area contributed by atoms with Gasteiger partial charge in [0, 0.05) is 44.4 Å². The van der Waals surface area contributed by atoms with Crippen molar-refractivity contribution >= 4 is 5.69 Å². The van der Waals surface area contributed by atoms with Gasteiger partial charge in [0.05, 0.1) is 12.0 Å². The first kappa shape index (κ1) is 16.4. The zero-order chi connectivity index (χ0) is 16.9. The Bertz CT molecular complexity index is 686. The first-order chi connectivity index (χ1) is 11.7. The van der Waals surface area contributed by atoms with Crippen molar-refractivity contribution in [2.45, 2.75) is 12.6 Å². The summed E-state index contributed by atoms with van der Waals surface area (Å²) in [4.78, 5) is 12.8. The Kier molecular flexibility index (Phi) is 5.08. The summed E-state index contributed by atoms with van der Waals surface area (Å²) in [6.07, 6.45) is 0. The zero-order valence-electron chi connectivity index (χ0n) is 13.6. The number of nitro groups is 1. The van der Waals surface area contributed by atoms with Gasteiger partial charge in [-0.25, -0.2) is 0 Å². The fraction of sp³-hybridized carbons (Fsp3) is 0.333. The number of hydrogen-bond donors (Lipinski definition) is 1. The lowest BCUT2D eigenvalue weighted by Crippen LogP contribution is -2.45. The molecule has 0 bridgehead atoms. The predicted molar refractivity (Wildman–Crippen MR) is 92.1 cm³/mol. The summed E-state index contributed by atoms with van der Waals surface area (Å²) in [5, 5.41) is 14.2. The summed E-state index contributed by atoms with van der Waals surface area (Å²) >= 11 is 0. The van der Waals surface area contributed by atoms with E-state index in [9.17, 15) is 10.1 Å². The van der Waals surface area contributed by atoms with Crippen molar-refractivity contribution in [3.63, 3.8) is 0 Å². The molecule has 1 aliphatic rings. The quantitative estimate of drug-likeness (QED) is 0.675. The molecule has 0 aliphatic carbocycles. The minimum atomic E-state index is -0.366. The third-order valence-electron chi connectivity index (χ3n) is 4.39. The monoisotopic (exact) mass is 327 g/mol. The van der Waals surface area contributed by atoms with E-state index in [-0.39, 0.29) is 16.7 Å². The summed E-state index contributed by atoms with van der Waals surface area (Å²) in [5.41, 5.74) is 2.46. The van der Waals surface area contributed by atoms with Gasteiger partial charge in [-0.15, -0.1) is 0 Å². The Morgan fingerprint density at radius 1 is 1.21 bits per heavy atom. The highest BCUT2D eigenvalue weighted by molar-refractivity contribution is 5.33. The molecule has 1 unspecified atom stereocenters. The summed E-state index contributed by atoms with van der Waals surface area (Å²) in [6.45, 7) is 3.54. The molecule has 126 valence electrons. The van der Waals surface area contributed by atoms with Gasteiger partial charge in [0.1, 0.15) is 5.75 Å². The van der Waals surface area contributed by atoms with Gasteiger partial charge in [0.2, 0.25) is 0 Å². The van der Waals surface area contributed by atoms with E-state index < -0.39 is 0 Å². The number of methoxy groups -OCH3 is 1. The molecule has 0 amide bonds. The Labute approximate surface area is 141 Å². The lowest BCUT2D eigenvalue weighted by Gasteiger charge is -2.36. The van der Waals surface area contributed by atoms with Crippen molar-refractivity contribution in [3.05, 3.63) is 69.8 Å². The van der Waals surface area contributed by atoms with Crippen LogP contribution in [0.1, 0.15) is 17.2 Å². The zero-order valence-corrected chi connectivity index (χ0v) is 13.6. The number of ether oxygens (including phenoxy) is 1. The number of non-ortho nitro benzene ring substituents is 1. The van der Waals surface area contributed by atoms with Crippen LogP contribution < -0.4 is 10.1 Å². The maximum Gasteiger partial charge on any atom is 0.269 e. The van der Waals surface area contributed by atoms with Crippen molar-refractivity contribution < 1.29 is 9.66 Å². The second-order valence-electron chi connectivity index (χ2n) is 5.89. The number of nitrogens with one attached hydrogen (secondary N) is 1. The average Bonchev–Trinajstić information content (AvgIpc) is 2.63. The van der Waals surface area contributed by atoms with Crippen molar-refractivity contribution in [2.24, 2.45) is 0 Å². The summed E-state index contributed by atoms with van der Waals surface area (Å²) in [7, 11) is 1.66. The van der Waals surface area contributed by atoms with Gasteiger partial charge >= 0.3 is 0 Å². The number of benzene rings is 2. The summed E-state index contributed by atoms with van der Waals surface area (Å²) in [6, 6.07) is 15.2. The molecule has 1 N–H and O–H groups in total. The van der Waals surface area contributed by atoms with E-state index in [0.29, 0.717) is 0 Å². The van der Waals surface area contributed by atoms with Crippen molar-refractivity contribution in [1.29, 1.82) is 0 Å².